The van der Waals surface area contributed by atoms with E-state index in [4.69, 9.17) is 5.11 Å². The molecule has 2 saturated heterocycles. The van der Waals surface area contributed by atoms with Gasteiger partial charge in [0.1, 0.15) is 0 Å². The average molecular weight is 275 g/mol. The van der Waals surface area contributed by atoms with Gasteiger partial charge in [0.15, 0.2) is 0 Å². The molecule has 0 radical (unpaired) electrons. The van der Waals surface area contributed by atoms with Gasteiger partial charge in [0, 0.05) is 38.1 Å². The lowest BCUT2D eigenvalue weighted by atomic mass is 9.86. The molecule has 2 unspecified atom stereocenters. The number of carbonyl (C=O) groups is 1. The Kier molecular flexibility index (Phi) is 3.89. The standard InChI is InChI=1S/C15H21N3O2/c19-15(20)16-14-7-10-18(17-8-4-9-17)11-13(14)12-5-2-1-3-6-12/h1-3,5-6,13-14,16H,4,7-11H2,(H,19,20). The predicted octanol–water partition coefficient (Wildman–Crippen LogP) is 1.73. The summed E-state index contributed by atoms with van der Waals surface area (Å²) in [5, 5.41) is 16.5. The van der Waals surface area contributed by atoms with Crippen LogP contribution in [0, 0.1) is 0 Å². The van der Waals surface area contributed by atoms with E-state index in [1.807, 2.05) is 18.2 Å². The largest absolute Gasteiger partial charge is 0.465 e. The topological polar surface area (TPSA) is 55.8 Å². The maximum Gasteiger partial charge on any atom is 0.404 e. The number of piperidine rings is 1. The van der Waals surface area contributed by atoms with E-state index in [9.17, 15) is 4.79 Å². The van der Waals surface area contributed by atoms with Crippen LogP contribution in [-0.4, -0.2) is 53.4 Å². The summed E-state index contributed by atoms with van der Waals surface area (Å²) in [7, 11) is 0. The molecule has 5 nitrogen and oxygen atoms in total. The average Bonchev–Trinajstić information content (AvgIpc) is 2.39. The first-order valence-corrected chi connectivity index (χ1v) is 7.28. The van der Waals surface area contributed by atoms with E-state index in [2.05, 4.69) is 27.5 Å². The summed E-state index contributed by atoms with van der Waals surface area (Å²) in [6.45, 7) is 4.11. The van der Waals surface area contributed by atoms with E-state index in [0.29, 0.717) is 0 Å². The molecule has 2 aliphatic rings. The molecule has 2 aliphatic heterocycles. The van der Waals surface area contributed by atoms with Crippen molar-refractivity contribution in [2.45, 2.75) is 24.8 Å². The van der Waals surface area contributed by atoms with Crippen LogP contribution in [0.25, 0.3) is 0 Å². The molecule has 0 aromatic heterocycles. The van der Waals surface area contributed by atoms with Crippen LogP contribution in [0.5, 0.6) is 0 Å². The van der Waals surface area contributed by atoms with Gasteiger partial charge in [-0.25, -0.2) is 14.8 Å². The van der Waals surface area contributed by atoms with E-state index in [-0.39, 0.29) is 12.0 Å². The molecule has 0 saturated carbocycles. The SMILES string of the molecule is O=C(O)NC1CCN(N2CCC2)CC1c1ccccc1. The van der Waals surface area contributed by atoms with E-state index in [1.54, 1.807) is 0 Å². The normalized spacial score (nSPS) is 27.8. The highest BCUT2D eigenvalue weighted by molar-refractivity contribution is 5.65. The number of hydrogen-bond donors (Lipinski definition) is 2. The van der Waals surface area contributed by atoms with E-state index in [0.717, 1.165) is 32.6 Å². The van der Waals surface area contributed by atoms with Crippen LogP contribution >= 0.6 is 0 Å². The van der Waals surface area contributed by atoms with Gasteiger partial charge in [-0.1, -0.05) is 30.3 Å². The van der Waals surface area contributed by atoms with Crippen molar-refractivity contribution in [1.29, 1.82) is 0 Å². The summed E-state index contributed by atoms with van der Waals surface area (Å²) in [6, 6.07) is 10.2. The summed E-state index contributed by atoms with van der Waals surface area (Å²) in [4.78, 5) is 11.0. The molecule has 0 spiro atoms. The highest BCUT2D eigenvalue weighted by Crippen LogP contribution is 2.29. The molecule has 5 heteroatoms. The van der Waals surface area contributed by atoms with Crippen molar-refractivity contribution < 1.29 is 9.90 Å². The summed E-state index contributed by atoms with van der Waals surface area (Å²) < 4.78 is 0. The first kappa shape index (κ1) is 13.4. The minimum atomic E-state index is -0.923. The van der Waals surface area contributed by atoms with Crippen molar-refractivity contribution in [1.82, 2.24) is 15.3 Å². The molecule has 20 heavy (non-hydrogen) atoms. The molecule has 108 valence electrons. The Balaban J connectivity index is 1.76. The Labute approximate surface area is 119 Å². The highest BCUT2D eigenvalue weighted by atomic mass is 16.4. The van der Waals surface area contributed by atoms with Gasteiger partial charge >= 0.3 is 6.09 Å². The van der Waals surface area contributed by atoms with Gasteiger partial charge in [-0.15, -0.1) is 0 Å². The first-order chi connectivity index (χ1) is 9.74. The predicted molar refractivity (Wildman–Crippen MR) is 76.5 cm³/mol. The Morgan fingerprint density at radius 1 is 1.15 bits per heavy atom. The lowest BCUT2D eigenvalue weighted by Crippen LogP contribution is -2.58. The van der Waals surface area contributed by atoms with Crippen LogP contribution in [0.3, 0.4) is 0 Å². The van der Waals surface area contributed by atoms with Gasteiger partial charge in [-0.3, -0.25) is 0 Å². The Hall–Kier alpha value is -1.59. The molecule has 1 aromatic carbocycles. The van der Waals surface area contributed by atoms with Gasteiger partial charge in [0.05, 0.1) is 0 Å². The van der Waals surface area contributed by atoms with Crippen molar-refractivity contribution in [2.75, 3.05) is 26.2 Å². The summed E-state index contributed by atoms with van der Waals surface area (Å²) in [5.41, 5.74) is 1.22. The zero-order valence-electron chi connectivity index (χ0n) is 11.5. The van der Waals surface area contributed by atoms with E-state index in [1.165, 1.54) is 12.0 Å². The molecule has 0 aliphatic carbocycles. The maximum absolute atomic E-state index is 11.0. The minimum absolute atomic E-state index is 0.00688. The number of hydrogen-bond acceptors (Lipinski definition) is 3. The smallest absolute Gasteiger partial charge is 0.404 e. The molecule has 2 heterocycles. The number of benzene rings is 1. The second-order valence-electron chi connectivity index (χ2n) is 5.58. The number of nitrogens with zero attached hydrogens (tertiary/aromatic N) is 2. The molecular weight excluding hydrogens is 254 g/mol. The second-order valence-corrected chi connectivity index (χ2v) is 5.58. The number of amides is 1. The van der Waals surface area contributed by atoms with Crippen molar-refractivity contribution in [2.24, 2.45) is 0 Å². The van der Waals surface area contributed by atoms with E-state index < -0.39 is 6.09 Å². The number of hydrazine groups is 1. The van der Waals surface area contributed by atoms with Crippen LogP contribution in [0.15, 0.2) is 30.3 Å². The second kappa shape index (κ2) is 5.81. The van der Waals surface area contributed by atoms with Gasteiger partial charge in [-0.05, 0) is 18.4 Å². The third kappa shape index (κ3) is 2.78. The van der Waals surface area contributed by atoms with Crippen molar-refractivity contribution in [3.05, 3.63) is 35.9 Å². The van der Waals surface area contributed by atoms with Crippen LogP contribution in [-0.2, 0) is 0 Å². The fourth-order valence-electron chi connectivity index (χ4n) is 3.14. The lowest BCUT2D eigenvalue weighted by Gasteiger charge is -2.47. The molecule has 2 atom stereocenters. The third-order valence-electron chi connectivity index (χ3n) is 4.36. The fourth-order valence-corrected chi connectivity index (χ4v) is 3.14. The summed E-state index contributed by atoms with van der Waals surface area (Å²) >= 11 is 0. The molecular formula is C15H21N3O2. The Bertz CT molecular complexity index is 461. The van der Waals surface area contributed by atoms with Crippen LogP contribution in [0.1, 0.15) is 24.3 Å². The van der Waals surface area contributed by atoms with E-state index >= 15 is 0 Å². The van der Waals surface area contributed by atoms with Gasteiger partial charge < -0.3 is 10.4 Å². The Morgan fingerprint density at radius 3 is 2.50 bits per heavy atom. The summed E-state index contributed by atoms with van der Waals surface area (Å²) in [5.74, 6) is 0.224. The zero-order chi connectivity index (χ0) is 13.9. The fraction of sp³-hybridized carbons (Fsp3) is 0.533. The molecule has 1 amide bonds. The maximum atomic E-state index is 11.0. The van der Waals surface area contributed by atoms with Gasteiger partial charge in [-0.2, -0.15) is 0 Å². The summed E-state index contributed by atoms with van der Waals surface area (Å²) in [6.07, 6.45) is 1.21. The molecule has 1 aromatic rings. The van der Waals surface area contributed by atoms with Gasteiger partial charge in [0.2, 0.25) is 0 Å². The number of carboxylic acid groups (broad SMARTS) is 1. The first-order valence-electron chi connectivity index (χ1n) is 7.28. The van der Waals surface area contributed by atoms with Gasteiger partial charge in [0.25, 0.3) is 0 Å². The molecule has 3 rings (SSSR count). The lowest BCUT2D eigenvalue weighted by molar-refractivity contribution is -0.0918. The monoisotopic (exact) mass is 275 g/mol. The zero-order valence-corrected chi connectivity index (χ0v) is 11.5. The van der Waals surface area contributed by atoms with Crippen LogP contribution in [0.4, 0.5) is 4.79 Å². The van der Waals surface area contributed by atoms with Crippen molar-refractivity contribution in [3.8, 4) is 0 Å². The molecule has 0 bridgehead atoms. The molecule has 2 fully saturated rings. The van der Waals surface area contributed by atoms with Crippen LogP contribution < -0.4 is 5.32 Å². The van der Waals surface area contributed by atoms with Crippen molar-refractivity contribution >= 4 is 6.09 Å². The van der Waals surface area contributed by atoms with Crippen molar-refractivity contribution in [3.63, 3.8) is 0 Å². The Morgan fingerprint density at radius 2 is 1.90 bits per heavy atom. The molecule has 2 N–H and O–H groups in total. The minimum Gasteiger partial charge on any atom is -0.465 e. The highest BCUT2D eigenvalue weighted by Gasteiger charge is 2.34. The van der Waals surface area contributed by atoms with Crippen LogP contribution in [0.2, 0.25) is 0 Å². The number of rotatable bonds is 3. The quantitative estimate of drug-likeness (QED) is 0.882. The third-order valence-corrected chi connectivity index (χ3v) is 4.36. The number of nitrogens with one attached hydrogen (secondary N) is 1.